The maximum Gasteiger partial charge on any atom is 0.272 e. The third-order valence-corrected chi connectivity index (χ3v) is 10.8. The van der Waals surface area contributed by atoms with Crippen molar-refractivity contribution in [2.75, 3.05) is 10.6 Å². The first-order chi connectivity index (χ1) is 26.3. The van der Waals surface area contributed by atoms with Crippen LogP contribution in [-0.4, -0.2) is 22.3 Å². The highest BCUT2D eigenvalue weighted by atomic mass is 35.5. The van der Waals surface area contributed by atoms with E-state index in [4.69, 9.17) is 23.2 Å². The first-order valence-corrected chi connectivity index (χ1v) is 18.9. The number of thioether (sulfide) groups is 1. The summed E-state index contributed by atoms with van der Waals surface area (Å²) in [6.07, 6.45) is 1.45. The van der Waals surface area contributed by atoms with Crippen molar-refractivity contribution in [3.05, 3.63) is 178 Å². The molecule has 0 aliphatic rings. The smallest absolute Gasteiger partial charge is 0.272 e. The average Bonchev–Trinajstić information content (AvgIpc) is 3.51. The number of carbonyl (C=O) groups excluding carboxylic acids is 3. The van der Waals surface area contributed by atoms with Crippen molar-refractivity contribution in [1.29, 1.82) is 0 Å². The molecule has 0 saturated carbocycles. The number of carbonyl (C=O) groups is 3. The van der Waals surface area contributed by atoms with Crippen molar-refractivity contribution in [2.45, 2.75) is 23.6 Å². The summed E-state index contributed by atoms with van der Waals surface area (Å²) in [4.78, 5) is 41.8. The van der Waals surface area contributed by atoms with Crippen molar-refractivity contribution in [3.8, 4) is 0 Å². The number of rotatable bonds is 11. The van der Waals surface area contributed by atoms with E-state index >= 15 is 0 Å². The number of aryl methyl sites for hydroxylation is 1. The van der Waals surface area contributed by atoms with Crippen molar-refractivity contribution in [3.63, 3.8) is 0 Å². The Balaban J connectivity index is 1.14. The fraction of sp³-hybridized carbons (Fsp3) is 0.0682. The molecule has 0 saturated heterocycles. The Kier molecular flexibility index (Phi) is 11.2. The van der Waals surface area contributed by atoms with Crippen LogP contribution in [0.2, 0.25) is 10.0 Å². The SMILES string of the molecule is CCn1c2ccccc2c2cc(NC(=O)C(Sc3cccc(NC(=O)/C(=C\c4c(Cl)cccc4Cl)NC(=O)c4ccccc4)c3)c3ccccc3)ccc21. The lowest BCUT2D eigenvalue weighted by Crippen LogP contribution is -2.30. The fourth-order valence-electron chi connectivity index (χ4n) is 6.30. The third-order valence-electron chi connectivity index (χ3n) is 8.86. The standard InChI is InChI=1S/C44H34Cl2N4O3S/c1-2-50-39-22-10-9-19-33(39)34-26-31(23-24-40(34)50)48-44(53)41(28-13-5-3-6-14-28)54-32-18-11-17-30(25-32)47-43(52)38(27-35-36(45)20-12-21-37(35)46)49-42(51)29-15-7-4-8-16-29/h3-27,41H,2H2,1H3,(H,47,52)(H,48,53)(H,49,51)/b38-27+. The zero-order valence-corrected chi connectivity index (χ0v) is 31.4. The Morgan fingerprint density at radius 2 is 1.33 bits per heavy atom. The number of benzene rings is 6. The third kappa shape index (κ3) is 8.06. The van der Waals surface area contributed by atoms with Gasteiger partial charge in [-0.25, -0.2) is 0 Å². The van der Waals surface area contributed by atoms with Crippen LogP contribution in [0.3, 0.4) is 0 Å². The summed E-state index contributed by atoms with van der Waals surface area (Å²) in [6, 6.07) is 44.6. The number of hydrogen-bond donors (Lipinski definition) is 3. The molecule has 6 aromatic carbocycles. The minimum Gasteiger partial charge on any atom is -0.341 e. The second kappa shape index (κ2) is 16.5. The zero-order chi connectivity index (χ0) is 37.6. The number of fused-ring (bicyclic) bond motifs is 3. The second-order valence-electron chi connectivity index (χ2n) is 12.4. The highest BCUT2D eigenvalue weighted by molar-refractivity contribution is 8.00. The van der Waals surface area contributed by atoms with Gasteiger partial charge in [-0.15, -0.1) is 11.8 Å². The van der Waals surface area contributed by atoms with Gasteiger partial charge in [0.1, 0.15) is 10.9 Å². The number of nitrogens with zero attached hydrogens (tertiary/aromatic N) is 1. The predicted molar refractivity (Wildman–Crippen MR) is 222 cm³/mol. The van der Waals surface area contributed by atoms with Gasteiger partial charge in [0, 0.05) is 65.8 Å². The molecule has 54 heavy (non-hydrogen) atoms. The summed E-state index contributed by atoms with van der Waals surface area (Å²) in [5, 5.41) is 11.0. The first kappa shape index (κ1) is 36.6. The van der Waals surface area contributed by atoms with Crippen LogP contribution in [-0.2, 0) is 16.1 Å². The van der Waals surface area contributed by atoms with E-state index in [2.05, 4.69) is 45.6 Å². The molecule has 1 aromatic heterocycles. The normalized spacial score (nSPS) is 12.0. The summed E-state index contributed by atoms with van der Waals surface area (Å²) in [7, 11) is 0. The van der Waals surface area contributed by atoms with Gasteiger partial charge in [0.15, 0.2) is 0 Å². The van der Waals surface area contributed by atoms with Crippen molar-refractivity contribution >= 4 is 91.9 Å². The molecular formula is C44H34Cl2N4O3S. The first-order valence-electron chi connectivity index (χ1n) is 17.3. The van der Waals surface area contributed by atoms with Gasteiger partial charge < -0.3 is 20.5 Å². The Hall–Kier alpha value is -5.80. The van der Waals surface area contributed by atoms with E-state index in [-0.39, 0.29) is 11.6 Å². The Labute approximate surface area is 327 Å². The highest BCUT2D eigenvalue weighted by Gasteiger charge is 2.24. The second-order valence-corrected chi connectivity index (χ2v) is 14.4. The lowest BCUT2D eigenvalue weighted by molar-refractivity contribution is -0.116. The van der Waals surface area contributed by atoms with Crippen molar-refractivity contribution in [2.24, 2.45) is 0 Å². The number of halogens is 2. The van der Waals surface area contributed by atoms with Gasteiger partial charge in [-0.2, -0.15) is 0 Å². The maximum absolute atomic E-state index is 14.1. The summed E-state index contributed by atoms with van der Waals surface area (Å²) in [6.45, 7) is 2.96. The molecule has 268 valence electrons. The number of anilines is 2. The van der Waals surface area contributed by atoms with Crippen LogP contribution >= 0.6 is 35.0 Å². The Bertz CT molecular complexity index is 2520. The fourth-order valence-corrected chi connectivity index (χ4v) is 7.89. The van der Waals surface area contributed by atoms with E-state index in [0.29, 0.717) is 32.5 Å². The zero-order valence-electron chi connectivity index (χ0n) is 29.1. The molecule has 3 N–H and O–H groups in total. The molecule has 3 amide bonds. The summed E-state index contributed by atoms with van der Waals surface area (Å²) < 4.78 is 2.27. The molecule has 1 atom stereocenters. The lowest BCUT2D eigenvalue weighted by atomic mass is 10.1. The van der Waals surface area contributed by atoms with Gasteiger partial charge in [-0.3, -0.25) is 14.4 Å². The van der Waals surface area contributed by atoms with Crippen LogP contribution in [0, 0.1) is 0 Å². The molecule has 10 heteroatoms. The summed E-state index contributed by atoms with van der Waals surface area (Å²) >= 11 is 14.2. The Morgan fingerprint density at radius 3 is 2.07 bits per heavy atom. The number of para-hydroxylation sites is 1. The maximum atomic E-state index is 14.1. The van der Waals surface area contributed by atoms with Gasteiger partial charge in [0.05, 0.1) is 0 Å². The molecule has 7 nitrogen and oxygen atoms in total. The van der Waals surface area contributed by atoms with Gasteiger partial charge in [-0.1, -0.05) is 102 Å². The van der Waals surface area contributed by atoms with Crippen LogP contribution in [0.1, 0.15) is 33.7 Å². The van der Waals surface area contributed by atoms with Gasteiger partial charge in [0.25, 0.3) is 11.8 Å². The largest absolute Gasteiger partial charge is 0.341 e. The minimum atomic E-state index is -0.618. The lowest BCUT2D eigenvalue weighted by Gasteiger charge is -2.18. The number of hydrogen-bond acceptors (Lipinski definition) is 4. The molecule has 0 bridgehead atoms. The van der Waals surface area contributed by atoms with Gasteiger partial charge in [-0.05, 0) is 85.3 Å². The molecule has 1 heterocycles. The Morgan fingerprint density at radius 1 is 0.685 bits per heavy atom. The van der Waals surface area contributed by atoms with Crippen LogP contribution < -0.4 is 16.0 Å². The molecule has 0 spiro atoms. The molecular weight excluding hydrogens is 735 g/mol. The van der Waals surface area contributed by atoms with Crippen molar-refractivity contribution < 1.29 is 14.4 Å². The monoisotopic (exact) mass is 768 g/mol. The molecule has 7 aromatic rings. The molecule has 0 radical (unpaired) electrons. The highest BCUT2D eigenvalue weighted by Crippen LogP contribution is 2.38. The van der Waals surface area contributed by atoms with E-state index in [1.165, 1.54) is 17.8 Å². The van der Waals surface area contributed by atoms with Crippen LogP contribution in [0.5, 0.6) is 0 Å². The number of aromatic nitrogens is 1. The molecule has 0 fully saturated rings. The summed E-state index contributed by atoms with van der Waals surface area (Å²) in [5.41, 5.74) is 4.94. The van der Waals surface area contributed by atoms with Gasteiger partial charge in [0.2, 0.25) is 5.91 Å². The van der Waals surface area contributed by atoms with Crippen LogP contribution in [0.25, 0.3) is 27.9 Å². The van der Waals surface area contributed by atoms with Gasteiger partial charge >= 0.3 is 0 Å². The number of amides is 3. The topological polar surface area (TPSA) is 92.2 Å². The van der Waals surface area contributed by atoms with E-state index in [1.54, 1.807) is 66.7 Å². The molecule has 1 unspecified atom stereocenters. The van der Waals surface area contributed by atoms with E-state index in [1.807, 2.05) is 60.7 Å². The quantitative estimate of drug-likeness (QED) is 0.0902. The summed E-state index contributed by atoms with van der Waals surface area (Å²) in [5.74, 6) is -1.25. The molecule has 0 aliphatic carbocycles. The van der Waals surface area contributed by atoms with Crippen LogP contribution in [0.4, 0.5) is 11.4 Å². The van der Waals surface area contributed by atoms with Crippen LogP contribution in [0.15, 0.2) is 156 Å². The minimum absolute atomic E-state index is 0.0579. The van der Waals surface area contributed by atoms with Crippen molar-refractivity contribution in [1.82, 2.24) is 9.88 Å². The van der Waals surface area contributed by atoms with E-state index in [0.717, 1.165) is 38.8 Å². The number of nitrogens with one attached hydrogen (secondary N) is 3. The molecule has 7 rings (SSSR count). The van der Waals surface area contributed by atoms with E-state index in [9.17, 15) is 14.4 Å². The predicted octanol–water partition coefficient (Wildman–Crippen LogP) is 11.0. The average molecular weight is 770 g/mol. The van der Waals surface area contributed by atoms with E-state index < -0.39 is 17.1 Å². The molecule has 0 aliphatic heterocycles.